The van der Waals surface area contributed by atoms with E-state index < -0.39 is 5.60 Å². The van der Waals surface area contributed by atoms with Crippen LogP contribution < -0.4 is 15.4 Å². The second-order valence-corrected chi connectivity index (χ2v) is 5.63. The van der Waals surface area contributed by atoms with E-state index in [1.54, 1.807) is 26.2 Å². The monoisotopic (exact) mass is 314 g/mol. The highest BCUT2D eigenvalue weighted by molar-refractivity contribution is 5.90. The Hall–Kier alpha value is -2.53. The number of benzene rings is 2. The van der Waals surface area contributed by atoms with Gasteiger partial charge in [0, 0.05) is 5.69 Å². The Morgan fingerprint density at radius 2 is 1.91 bits per heavy atom. The van der Waals surface area contributed by atoms with Gasteiger partial charge in [-0.15, -0.1) is 0 Å². The molecule has 122 valence electrons. The van der Waals surface area contributed by atoms with Crippen LogP contribution in [0.5, 0.6) is 5.75 Å². The van der Waals surface area contributed by atoms with Crippen molar-refractivity contribution in [2.24, 2.45) is 0 Å². The summed E-state index contributed by atoms with van der Waals surface area (Å²) < 4.78 is 5.13. The van der Waals surface area contributed by atoms with Gasteiger partial charge in [0.05, 0.1) is 13.7 Å². The second kappa shape index (κ2) is 7.15. The Morgan fingerprint density at radius 1 is 1.22 bits per heavy atom. The largest absolute Gasteiger partial charge is 0.497 e. The number of carbonyl (C=O) groups is 1. The maximum absolute atomic E-state index is 12.0. The molecule has 0 saturated heterocycles. The molecule has 0 aliphatic heterocycles. The van der Waals surface area contributed by atoms with Crippen LogP contribution in [0.15, 0.2) is 48.5 Å². The molecule has 0 aliphatic carbocycles. The molecule has 5 nitrogen and oxygen atoms in total. The van der Waals surface area contributed by atoms with Gasteiger partial charge < -0.3 is 20.5 Å². The average molecular weight is 314 g/mol. The maximum atomic E-state index is 12.0. The molecule has 1 unspecified atom stereocenters. The molecule has 23 heavy (non-hydrogen) atoms. The van der Waals surface area contributed by atoms with Crippen LogP contribution in [0.2, 0.25) is 0 Å². The van der Waals surface area contributed by atoms with Crippen molar-refractivity contribution in [1.29, 1.82) is 0 Å². The number of anilines is 1. The molecule has 2 rings (SSSR count). The van der Waals surface area contributed by atoms with Gasteiger partial charge in [-0.2, -0.15) is 0 Å². The molecule has 5 heteroatoms. The number of hydrogen-bond acceptors (Lipinski definition) is 3. The zero-order valence-electron chi connectivity index (χ0n) is 13.6. The lowest BCUT2D eigenvalue weighted by Crippen LogP contribution is -2.40. The van der Waals surface area contributed by atoms with E-state index >= 15 is 0 Å². The number of aryl methyl sites for hydroxylation is 1. The maximum Gasteiger partial charge on any atom is 0.319 e. The van der Waals surface area contributed by atoms with Crippen LogP contribution in [0.3, 0.4) is 0 Å². The van der Waals surface area contributed by atoms with Crippen LogP contribution in [0.1, 0.15) is 18.1 Å². The number of methoxy groups -OCH3 is 1. The van der Waals surface area contributed by atoms with E-state index in [1.807, 2.05) is 43.3 Å². The van der Waals surface area contributed by atoms with E-state index in [0.29, 0.717) is 5.69 Å². The quantitative estimate of drug-likeness (QED) is 0.794. The third-order valence-corrected chi connectivity index (χ3v) is 3.67. The van der Waals surface area contributed by atoms with Crippen molar-refractivity contribution < 1.29 is 14.6 Å². The Kier molecular flexibility index (Phi) is 5.24. The zero-order chi connectivity index (χ0) is 16.9. The molecular formula is C18H22N2O3. The predicted octanol–water partition coefficient (Wildman–Crippen LogP) is 3.03. The van der Waals surface area contributed by atoms with Crippen LogP contribution in [-0.4, -0.2) is 24.8 Å². The van der Waals surface area contributed by atoms with Crippen LogP contribution in [0, 0.1) is 6.92 Å². The first-order valence-corrected chi connectivity index (χ1v) is 7.40. The summed E-state index contributed by atoms with van der Waals surface area (Å²) in [5.41, 5.74) is 1.21. The summed E-state index contributed by atoms with van der Waals surface area (Å²) in [7, 11) is 1.60. The Labute approximate surface area is 136 Å². The van der Waals surface area contributed by atoms with Crippen molar-refractivity contribution in [3.63, 3.8) is 0 Å². The molecule has 3 N–H and O–H groups in total. The van der Waals surface area contributed by atoms with Crippen molar-refractivity contribution in [2.75, 3.05) is 19.0 Å². The summed E-state index contributed by atoms with van der Waals surface area (Å²) in [5.74, 6) is 0.737. The van der Waals surface area contributed by atoms with Gasteiger partial charge in [-0.05, 0) is 43.2 Å². The van der Waals surface area contributed by atoms with Gasteiger partial charge in [0.1, 0.15) is 11.4 Å². The van der Waals surface area contributed by atoms with Gasteiger partial charge in [0.2, 0.25) is 0 Å². The summed E-state index contributed by atoms with van der Waals surface area (Å²) in [6, 6.07) is 14.3. The molecule has 0 aliphatic rings. The minimum absolute atomic E-state index is 0.109. The number of aliphatic hydroxyl groups is 1. The summed E-state index contributed by atoms with van der Waals surface area (Å²) >= 11 is 0. The Balaban J connectivity index is 1.95. The molecule has 0 fully saturated rings. The number of ether oxygens (including phenoxy) is 1. The lowest BCUT2D eigenvalue weighted by Gasteiger charge is -2.24. The molecule has 0 spiro atoms. The first kappa shape index (κ1) is 16.8. The first-order valence-electron chi connectivity index (χ1n) is 7.40. The van der Waals surface area contributed by atoms with Gasteiger partial charge in [0.25, 0.3) is 0 Å². The van der Waals surface area contributed by atoms with Gasteiger partial charge in [-0.3, -0.25) is 0 Å². The molecule has 0 bridgehead atoms. The normalized spacial score (nSPS) is 13.0. The van der Waals surface area contributed by atoms with Crippen LogP contribution in [0.4, 0.5) is 10.5 Å². The SMILES string of the molecule is COc1ccc(NC(=O)NCC(C)(O)c2ccccc2)c(C)c1. The van der Waals surface area contributed by atoms with Crippen molar-refractivity contribution in [2.45, 2.75) is 19.4 Å². The fourth-order valence-corrected chi connectivity index (χ4v) is 2.22. The minimum atomic E-state index is -1.13. The second-order valence-electron chi connectivity index (χ2n) is 5.63. The molecule has 1 atom stereocenters. The smallest absolute Gasteiger partial charge is 0.319 e. The highest BCUT2D eigenvalue weighted by Crippen LogP contribution is 2.21. The van der Waals surface area contributed by atoms with Crippen molar-refractivity contribution in [3.05, 3.63) is 59.7 Å². The molecule has 2 aromatic carbocycles. The van der Waals surface area contributed by atoms with Gasteiger partial charge in [-0.1, -0.05) is 30.3 Å². The molecule has 0 saturated carbocycles. The standard InChI is InChI=1S/C18H22N2O3/c1-13-11-15(23-3)9-10-16(13)20-17(21)19-12-18(2,22)14-7-5-4-6-8-14/h4-11,22H,12H2,1-3H3,(H2,19,20,21). The summed E-state index contributed by atoms with van der Waals surface area (Å²) in [6.45, 7) is 3.66. The average Bonchev–Trinajstić information content (AvgIpc) is 2.56. The molecule has 0 heterocycles. The number of amides is 2. The molecule has 2 amide bonds. The molecule has 0 radical (unpaired) electrons. The van der Waals surface area contributed by atoms with Crippen LogP contribution >= 0.6 is 0 Å². The van der Waals surface area contributed by atoms with Crippen molar-refractivity contribution in [1.82, 2.24) is 5.32 Å². The molecule has 2 aromatic rings. The minimum Gasteiger partial charge on any atom is -0.497 e. The first-order chi connectivity index (χ1) is 10.9. The topological polar surface area (TPSA) is 70.6 Å². The van der Waals surface area contributed by atoms with E-state index in [2.05, 4.69) is 10.6 Å². The third kappa shape index (κ3) is 4.47. The number of urea groups is 1. The lowest BCUT2D eigenvalue weighted by molar-refractivity contribution is 0.0599. The predicted molar refractivity (Wildman–Crippen MR) is 90.8 cm³/mol. The highest BCUT2D eigenvalue weighted by atomic mass is 16.5. The number of rotatable bonds is 5. The summed E-state index contributed by atoms with van der Waals surface area (Å²) in [6.07, 6.45) is 0. The van der Waals surface area contributed by atoms with Gasteiger partial charge in [0.15, 0.2) is 0 Å². The number of carbonyl (C=O) groups excluding carboxylic acids is 1. The van der Waals surface area contributed by atoms with Crippen molar-refractivity contribution in [3.8, 4) is 5.75 Å². The van der Waals surface area contributed by atoms with Crippen LogP contribution in [-0.2, 0) is 5.60 Å². The van der Waals surface area contributed by atoms with Gasteiger partial charge in [-0.25, -0.2) is 4.79 Å². The van der Waals surface area contributed by atoms with Crippen molar-refractivity contribution >= 4 is 11.7 Å². The number of nitrogens with one attached hydrogen (secondary N) is 2. The van der Waals surface area contributed by atoms with E-state index in [4.69, 9.17) is 4.74 Å². The summed E-state index contributed by atoms with van der Waals surface area (Å²) in [5, 5.41) is 15.9. The Morgan fingerprint density at radius 3 is 2.52 bits per heavy atom. The van der Waals surface area contributed by atoms with E-state index in [9.17, 15) is 9.90 Å². The molecular weight excluding hydrogens is 292 g/mol. The molecule has 0 aromatic heterocycles. The fourth-order valence-electron chi connectivity index (χ4n) is 2.22. The summed E-state index contributed by atoms with van der Waals surface area (Å²) in [4.78, 5) is 12.0. The number of hydrogen-bond donors (Lipinski definition) is 3. The fraction of sp³-hybridized carbons (Fsp3) is 0.278. The zero-order valence-corrected chi connectivity index (χ0v) is 13.6. The van der Waals surface area contributed by atoms with Gasteiger partial charge >= 0.3 is 6.03 Å². The Bertz CT molecular complexity index is 669. The van der Waals surface area contributed by atoms with E-state index in [0.717, 1.165) is 16.9 Å². The third-order valence-electron chi connectivity index (χ3n) is 3.67. The van der Waals surface area contributed by atoms with E-state index in [-0.39, 0.29) is 12.6 Å². The van der Waals surface area contributed by atoms with Crippen LogP contribution in [0.25, 0.3) is 0 Å². The highest BCUT2D eigenvalue weighted by Gasteiger charge is 2.23. The lowest BCUT2D eigenvalue weighted by atomic mass is 9.96. The van der Waals surface area contributed by atoms with E-state index in [1.165, 1.54) is 0 Å².